The minimum absolute atomic E-state index is 0.0212. The van der Waals surface area contributed by atoms with Gasteiger partial charge >= 0.3 is 6.03 Å². The number of benzene rings is 2. The number of allylic oxidation sites excluding steroid dienone is 1. The topological polar surface area (TPSA) is 89.7 Å². The molecule has 2 aliphatic heterocycles. The summed E-state index contributed by atoms with van der Waals surface area (Å²) >= 11 is 0. The van der Waals surface area contributed by atoms with Crippen molar-refractivity contribution in [3.63, 3.8) is 0 Å². The van der Waals surface area contributed by atoms with E-state index in [-0.39, 0.29) is 12.1 Å². The van der Waals surface area contributed by atoms with E-state index in [2.05, 4.69) is 10.5 Å². The number of nitrogens with zero attached hydrogens (tertiary/aromatic N) is 3. The van der Waals surface area contributed by atoms with Crippen LogP contribution in [-0.2, 0) is 4.74 Å². The van der Waals surface area contributed by atoms with Gasteiger partial charge in [-0.1, -0.05) is 47.1 Å². The second kappa shape index (κ2) is 9.30. The summed E-state index contributed by atoms with van der Waals surface area (Å²) in [6.45, 7) is 5.18. The molecule has 3 heterocycles. The first-order valence-corrected chi connectivity index (χ1v) is 11.5. The molecule has 2 atom stereocenters. The Morgan fingerprint density at radius 1 is 1.18 bits per heavy atom. The van der Waals surface area contributed by atoms with Crippen LogP contribution in [0.3, 0.4) is 0 Å². The molecule has 1 aromatic heterocycles. The predicted octanol–water partition coefficient (Wildman–Crippen LogP) is 4.73. The molecular weight excluding hydrogens is 432 g/mol. The Hall–Kier alpha value is -3.65. The number of hydrogen-bond donors (Lipinski definition) is 1. The van der Waals surface area contributed by atoms with Gasteiger partial charge in [0.1, 0.15) is 5.75 Å². The Kier molecular flexibility index (Phi) is 6.06. The highest BCUT2D eigenvalue weighted by Gasteiger charge is 2.37. The summed E-state index contributed by atoms with van der Waals surface area (Å²) in [5.41, 5.74) is 4.45. The van der Waals surface area contributed by atoms with Gasteiger partial charge in [0.15, 0.2) is 0 Å². The third-order valence-electron chi connectivity index (χ3n) is 6.40. The molecule has 8 nitrogen and oxygen atoms in total. The molecule has 1 saturated heterocycles. The van der Waals surface area contributed by atoms with Crippen molar-refractivity contribution in [3.8, 4) is 17.1 Å². The summed E-state index contributed by atoms with van der Waals surface area (Å²) in [7, 11) is 1.62. The standard InChI is InChI=1S/C26H28N4O4/c1-16-9-11-18(12-10-16)23-22(17(2)30(26(31)27-23)15-21-8-5-13-33-21)25-28-24(29-34-25)19-6-4-7-20(14-19)32-3/h4,6-7,9-12,14,21,23H,5,8,13,15H2,1-3H3,(H,27,31). The normalized spacial score (nSPS) is 20.6. The average Bonchev–Trinajstić information content (AvgIpc) is 3.54. The summed E-state index contributed by atoms with van der Waals surface area (Å²) in [4.78, 5) is 19.6. The van der Waals surface area contributed by atoms with Crippen LogP contribution in [0.15, 0.2) is 58.8 Å². The number of amides is 2. The van der Waals surface area contributed by atoms with E-state index in [0.717, 1.165) is 47.4 Å². The maximum atomic E-state index is 13.2. The first kappa shape index (κ1) is 22.2. The van der Waals surface area contributed by atoms with Crippen LogP contribution in [0.25, 0.3) is 17.0 Å². The van der Waals surface area contributed by atoms with Crippen molar-refractivity contribution in [1.82, 2.24) is 20.4 Å². The largest absolute Gasteiger partial charge is 0.497 e. The van der Waals surface area contributed by atoms with Crippen LogP contribution >= 0.6 is 0 Å². The quantitative estimate of drug-likeness (QED) is 0.572. The maximum absolute atomic E-state index is 13.2. The Morgan fingerprint density at radius 2 is 2.00 bits per heavy atom. The lowest BCUT2D eigenvalue weighted by molar-refractivity contribution is 0.0877. The lowest BCUT2D eigenvalue weighted by atomic mass is 9.94. The van der Waals surface area contributed by atoms with Crippen LogP contribution < -0.4 is 10.1 Å². The zero-order valence-electron chi connectivity index (χ0n) is 19.6. The summed E-state index contributed by atoms with van der Waals surface area (Å²) < 4.78 is 16.9. The van der Waals surface area contributed by atoms with Crippen molar-refractivity contribution in [3.05, 3.63) is 71.2 Å². The van der Waals surface area contributed by atoms with Gasteiger partial charge in [0.2, 0.25) is 5.82 Å². The zero-order valence-corrected chi connectivity index (χ0v) is 19.6. The highest BCUT2D eigenvalue weighted by atomic mass is 16.5. The van der Waals surface area contributed by atoms with Crippen molar-refractivity contribution in [2.45, 2.75) is 38.8 Å². The van der Waals surface area contributed by atoms with Crippen molar-refractivity contribution < 1.29 is 18.8 Å². The molecule has 2 amide bonds. The van der Waals surface area contributed by atoms with Crippen LogP contribution in [-0.4, -0.2) is 47.4 Å². The Morgan fingerprint density at radius 3 is 2.74 bits per heavy atom. The van der Waals surface area contributed by atoms with E-state index in [0.29, 0.717) is 24.0 Å². The number of hydrogen-bond acceptors (Lipinski definition) is 6. The van der Waals surface area contributed by atoms with Crippen molar-refractivity contribution in [1.29, 1.82) is 0 Å². The van der Waals surface area contributed by atoms with E-state index < -0.39 is 6.04 Å². The van der Waals surface area contributed by atoms with Crippen molar-refractivity contribution in [2.75, 3.05) is 20.3 Å². The second-order valence-corrected chi connectivity index (χ2v) is 8.69. The van der Waals surface area contributed by atoms with Gasteiger partial charge in [0.05, 0.1) is 31.4 Å². The molecule has 0 saturated carbocycles. The van der Waals surface area contributed by atoms with Gasteiger partial charge in [0.25, 0.3) is 5.89 Å². The second-order valence-electron chi connectivity index (χ2n) is 8.69. The molecule has 34 heavy (non-hydrogen) atoms. The van der Waals surface area contributed by atoms with Crippen LogP contribution in [0.2, 0.25) is 0 Å². The molecule has 0 bridgehead atoms. The van der Waals surface area contributed by atoms with Gasteiger partial charge in [-0.15, -0.1) is 0 Å². The van der Waals surface area contributed by atoms with E-state index in [9.17, 15) is 4.79 Å². The third kappa shape index (κ3) is 4.28. The minimum atomic E-state index is -0.410. The van der Waals surface area contributed by atoms with E-state index >= 15 is 0 Å². The number of aromatic nitrogens is 2. The van der Waals surface area contributed by atoms with Gasteiger partial charge in [-0.3, -0.25) is 4.90 Å². The van der Waals surface area contributed by atoms with Gasteiger partial charge in [-0.2, -0.15) is 4.98 Å². The fourth-order valence-electron chi connectivity index (χ4n) is 4.49. The molecule has 0 aliphatic carbocycles. The summed E-state index contributed by atoms with van der Waals surface area (Å²) in [6, 6.07) is 15.0. The SMILES string of the molecule is COc1cccc(-c2noc(C3=C(C)N(CC4CCCO4)C(=O)NC3c3ccc(C)cc3)n2)c1. The van der Waals surface area contributed by atoms with E-state index in [1.165, 1.54) is 0 Å². The number of carbonyl (C=O) groups excluding carboxylic acids is 1. The zero-order chi connectivity index (χ0) is 23.7. The number of rotatable bonds is 6. The maximum Gasteiger partial charge on any atom is 0.322 e. The fourth-order valence-corrected chi connectivity index (χ4v) is 4.49. The molecule has 5 rings (SSSR count). The van der Waals surface area contributed by atoms with E-state index in [1.807, 2.05) is 62.4 Å². The molecule has 1 fully saturated rings. The Bertz CT molecular complexity index is 1210. The van der Waals surface area contributed by atoms with E-state index in [1.54, 1.807) is 12.0 Å². The number of methoxy groups -OCH3 is 1. The minimum Gasteiger partial charge on any atom is -0.497 e. The van der Waals surface area contributed by atoms with Crippen LogP contribution in [0, 0.1) is 6.92 Å². The van der Waals surface area contributed by atoms with Gasteiger partial charge in [0, 0.05) is 17.9 Å². The van der Waals surface area contributed by atoms with Crippen molar-refractivity contribution >= 4 is 11.6 Å². The lowest BCUT2D eigenvalue weighted by Gasteiger charge is -2.36. The third-order valence-corrected chi connectivity index (χ3v) is 6.40. The summed E-state index contributed by atoms with van der Waals surface area (Å²) in [6.07, 6.45) is 1.97. The molecule has 0 spiro atoms. The van der Waals surface area contributed by atoms with Gasteiger partial charge in [-0.05, 0) is 44.4 Å². The van der Waals surface area contributed by atoms with Crippen LogP contribution in [0.1, 0.15) is 42.8 Å². The number of nitrogens with one attached hydrogen (secondary N) is 1. The molecule has 2 unspecified atom stereocenters. The Balaban J connectivity index is 1.56. The molecule has 8 heteroatoms. The smallest absolute Gasteiger partial charge is 0.322 e. The molecule has 176 valence electrons. The number of aryl methyl sites for hydroxylation is 1. The predicted molar refractivity (Wildman–Crippen MR) is 127 cm³/mol. The number of carbonyl (C=O) groups is 1. The summed E-state index contributed by atoms with van der Waals surface area (Å²) in [5.74, 6) is 1.54. The molecular formula is C26H28N4O4. The lowest BCUT2D eigenvalue weighted by Crippen LogP contribution is -2.48. The average molecular weight is 461 g/mol. The number of urea groups is 1. The molecule has 3 aromatic rings. The first-order valence-electron chi connectivity index (χ1n) is 11.5. The van der Waals surface area contributed by atoms with E-state index in [4.69, 9.17) is 19.0 Å². The Labute approximate surface area is 198 Å². The fraction of sp³-hybridized carbons (Fsp3) is 0.346. The van der Waals surface area contributed by atoms with Crippen molar-refractivity contribution in [2.24, 2.45) is 0 Å². The highest BCUT2D eigenvalue weighted by molar-refractivity contribution is 5.87. The molecule has 0 radical (unpaired) electrons. The number of ether oxygens (including phenoxy) is 2. The molecule has 2 aromatic carbocycles. The van der Waals surface area contributed by atoms with Crippen LogP contribution in [0.4, 0.5) is 4.79 Å². The molecule has 1 N–H and O–H groups in total. The highest BCUT2D eigenvalue weighted by Crippen LogP contribution is 2.38. The van der Waals surface area contributed by atoms with Gasteiger partial charge in [-0.25, -0.2) is 4.79 Å². The van der Waals surface area contributed by atoms with Gasteiger partial charge < -0.3 is 19.3 Å². The molecule has 2 aliphatic rings. The summed E-state index contributed by atoms with van der Waals surface area (Å²) in [5, 5.41) is 7.38. The van der Waals surface area contributed by atoms with Crippen LogP contribution in [0.5, 0.6) is 5.75 Å². The first-order chi connectivity index (χ1) is 16.5. The monoisotopic (exact) mass is 460 g/mol.